The van der Waals surface area contributed by atoms with Gasteiger partial charge in [-0.25, -0.2) is 9.59 Å². The second-order valence-corrected chi connectivity index (χ2v) is 23.1. The van der Waals surface area contributed by atoms with Gasteiger partial charge in [0.15, 0.2) is 13.9 Å². The third-order valence-corrected chi connectivity index (χ3v) is 17.7. The van der Waals surface area contributed by atoms with Crippen LogP contribution in [0.1, 0.15) is 62.8 Å². The fraction of sp³-hybridized carbons (Fsp3) is 0.367. The van der Waals surface area contributed by atoms with Crippen molar-refractivity contribution >= 4 is 48.2 Å². The Morgan fingerprint density at radius 2 is 1.79 bits per heavy atom. The topological polar surface area (TPSA) is 153 Å². The lowest BCUT2D eigenvalue weighted by molar-refractivity contribution is 0.0838. The van der Waals surface area contributed by atoms with E-state index >= 15 is 0 Å². The van der Waals surface area contributed by atoms with Crippen molar-refractivity contribution in [3.63, 3.8) is 0 Å². The molecule has 9 rings (SSSR count). The van der Waals surface area contributed by atoms with Crippen LogP contribution in [0.25, 0.3) is 39.2 Å². The molecule has 0 radical (unpaired) electrons. The molecule has 2 bridgehead atoms. The first-order chi connectivity index (χ1) is 29.7. The number of nitrogens with zero attached hydrogens (tertiary/aromatic N) is 3. The molecule has 324 valence electrons. The zero-order valence-corrected chi connectivity index (χ0v) is 37.2. The van der Waals surface area contributed by atoms with Crippen molar-refractivity contribution in [2.45, 2.75) is 83.4 Å². The van der Waals surface area contributed by atoms with Gasteiger partial charge in [-0.3, -0.25) is 14.3 Å². The predicted octanol–water partition coefficient (Wildman–Crippen LogP) is 9.34. The minimum Gasteiger partial charge on any atom is -0.506 e. The van der Waals surface area contributed by atoms with Gasteiger partial charge in [0.2, 0.25) is 5.56 Å². The standard InChI is InChI=1S/C49H57N5O7Si/c1-49(2,3)62(4,5)61-44(37-17-20-42(55)46-38(37)18-21-45(56)51-46)30-50-29-33-15-19-39-43(28-33)60-48(59)53(39)24-10-9-11-32-14-16-36(34-12-7-6-8-13-34)40(27-32)54(47(57)58)41-31-52-25-22-35(41)23-26-52/h6-9,11-21,27-28,35,41,44,50,55H,10,22-26,29-31H2,1-5H3,(H,51,56)(H,57,58)/t41-,44-/m0/s1. The lowest BCUT2D eigenvalue weighted by Gasteiger charge is -2.48. The Morgan fingerprint density at radius 1 is 1.02 bits per heavy atom. The van der Waals surface area contributed by atoms with E-state index in [0.29, 0.717) is 54.3 Å². The molecular formula is C49H57N5O7Si. The first kappa shape index (κ1) is 42.9. The molecule has 3 aliphatic heterocycles. The number of carboxylic acid groups (broad SMARTS) is 1. The molecule has 62 heavy (non-hydrogen) atoms. The highest BCUT2D eigenvalue weighted by Crippen LogP contribution is 2.42. The van der Waals surface area contributed by atoms with Crippen molar-refractivity contribution < 1.29 is 23.9 Å². The minimum atomic E-state index is -2.26. The number of hydrogen-bond acceptors (Lipinski definition) is 8. The normalized spacial score (nSPS) is 18.5. The number of hydrogen-bond donors (Lipinski definition) is 4. The lowest BCUT2D eigenvalue weighted by Crippen LogP contribution is -2.59. The van der Waals surface area contributed by atoms with Crippen LogP contribution in [-0.4, -0.2) is 71.3 Å². The summed E-state index contributed by atoms with van der Waals surface area (Å²) in [4.78, 5) is 45.1. The number of fused-ring (bicyclic) bond motifs is 5. The summed E-state index contributed by atoms with van der Waals surface area (Å²) in [5.41, 5.74) is 6.55. The van der Waals surface area contributed by atoms with Gasteiger partial charge in [0.25, 0.3) is 0 Å². The summed E-state index contributed by atoms with van der Waals surface area (Å²) >= 11 is 0. The number of phenols is 1. The van der Waals surface area contributed by atoms with Gasteiger partial charge in [0, 0.05) is 43.2 Å². The number of aromatic nitrogens is 2. The number of pyridine rings is 1. The van der Waals surface area contributed by atoms with E-state index in [0.717, 1.165) is 65.7 Å². The summed E-state index contributed by atoms with van der Waals surface area (Å²) in [6, 6.07) is 28.3. The van der Waals surface area contributed by atoms with Crippen LogP contribution in [-0.2, 0) is 17.5 Å². The maximum absolute atomic E-state index is 13.1. The van der Waals surface area contributed by atoms with Crippen molar-refractivity contribution in [1.82, 2.24) is 19.8 Å². The Morgan fingerprint density at radius 3 is 2.50 bits per heavy atom. The Bertz CT molecular complexity index is 2730. The number of H-pyrrole nitrogens is 1. The van der Waals surface area contributed by atoms with E-state index < -0.39 is 20.2 Å². The fourth-order valence-corrected chi connectivity index (χ4v) is 10.1. The number of phenolic OH excluding ortho intramolecular Hbond substituents is 1. The highest BCUT2D eigenvalue weighted by Gasteiger charge is 2.41. The average molecular weight is 856 g/mol. The van der Waals surface area contributed by atoms with Crippen molar-refractivity contribution in [1.29, 1.82) is 0 Å². The molecule has 0 unspecified atom stereocenters. The maximum atomic E-state index is 13.1. The quantitative estimate of drug-likeness (QED) is 0.0786. The summed E-state index contributed by atoms with van der Waals surface area (Å²) in [6.45, 7) is 15.1. The summed E-state index contributed by atoms with van der Waals surface area (Å²) in [5, 5.41) is 25.5. The lowest BCUT2D eigenvalue weighted by atomic mass is 9.82. The molecule has 4 N–H and O–H groups in total. The summed E-state index contributed by atoms with van der Waals surface area (Å²) in [6.07, 6.45) is 5.28. The molecule has 4 aromatic carbocycles. The number of benzene rings is 4. The smallest absolute Gasteiger partial charge is 0.419 e. The number of nitrogens with one attached hydrogen (secondary N) is 2. The molecule has 1 amide bonds. The van der Waals surface area contributed by atoms with Crippen LogP contribution >= 0.6 is 0 Å². The van der Waals surface area contributed by atoms with E-state index in [4.69, 9.17) is 8.84 Å². The summed E-state index contributed by atoms with van der Waals surface area (Å²) in [5.74, 6) is -0.0892. The molecule has 3 aliphatic rings. The zero-order chi connectivity index (χ0) is 43.8. The Labute approximate surface area is 362 Å². The van der Waals surface area contributed by atoms with E-state index in [9.17, 15) is 24.6 Å². The van der Waals surface area contributed by atoms with Gasteiger partial charge in [-0.05, 0) is 109 Å². The van der Waals surface area contributed by atoms with E-state index in [1.807, 2.05) is 84.9 Å². The largest absolute Gasteiger partial charge is 0.506 e. The Balaban J connectivity index is 0.968. The van der Waals surface area contributed by atoms with Gasteiger partial charge in [-0.1, -0.05) is 87.5 Å². The molecule has 6 aromatic rings. The molecule has 13 heteroatoms. The third-order valence-electron chi connectivity index (χ3n) is 13.2. The first-order valence-corrected chi connectivity index (χ1v) is 24.5. The first-order valence-electron chi connectivity index (χ1n) is 21.6. The van der Waals surface area contributed by atoms with Crippen LogP contribution in [0.15, 0.2) is 111 Å². The SMILES string of the molecule is CC(C)(C)[Si](C)(C)O[C@@H](CNCc1ccc2c(c1)oc(=O)n2CCC=Cc1ccc(-c2ccccc2)c(N(C(=O)O)[C@H]2CN3CCC2CC3)c1)c1ccc(O)c2[nH]c(=O)ccc12. The van der Waals surface area contributed by atoms with Gasteiger partial charge in [0.05, 0.1) is 28.9 Å². The summed E-state index contributed by atoms with van der Waals surface area (Å²) < 4.78 is 14.3. The zero-order valence-electron chi connectivity index (χ0n) is 36.2. The van der Waals surface area contributed by atoms with E-state index in [-0.39, 0.29) is 28.5 Å². The number of aryl methyl sites for hydroxylation is 1. The molecule has 12 nitrogen and oxygen atoms in total. The predicted molar refractivity (Wildman–Crippen MR) is 248 cm³/mol. The second-order valence-electron chi connectivity index (χ2n) is 18.3. The molecule has 3 saturated heterocycles. The second kappa shape index (κ2) is 17.6. The molecule has 3 fully saturated rings. The number of carbonyl (C=O) groups is 1. The number of amides is 1. The number of rotatable bonds is 14. The van der Waals surface area contributed by atoms with Crippen LogP contribution in [0.3, 0.4) is 0 Å². The van der Waals surface area contributed by atoms with Crippen molar-refractivity contribution in [3.8, 4) is 16.9 Å². The molecular weight excluding hydrogens is 799 g/mol. The van der Waals surface area contributed by atoms with E-state index in [1.54, 1.807) is 21.6 Å². The summed E-state index contributed by atoms with van der Waals surface area (Å²) in [7, 11) is -2.26. The van der Waals surface area contributed by atoms with Crippen LogP contribution in [0.4, 0.5) is 10.5 Å². The van der Waals surface area contributed by atoms with E-state index in [2.05, 4.69) is 49.1 Å². The monoisotopic (exact) mass is 855 g/mol. The number of allylic oxidation sites excluding steroid dienone is 1. The minimum absolute atomic E-state index is 0.00440. The van der Waals surface area contributed by atoms with Crippen LogP contribution in [0, 0.1) is 5.92 Å². The Hall–Kier alpha value is -5.73. The van der Waals surface area contributed by atoms with Crippen LogP contribution < -0.4 is 21.5 Å². The number of aromatic amines is 1. The maximum Gasteiger partial charge on any atom is 0.419 e. The van der Waals surface area contributed by atoms with Gasteiger partial charge in [-0.15, -0.1) is 0 Å². The number of piperidine rings is 3. The van der Waals surface area contributed by atoms with Gasteiger partial charge in [-0.2, -0.15) is 0 Å². The Kier molecular flexibility index (Phi) is 12.2. The van der Waals surface area contributed by atoms with Gasteiger partial charge >= 0.3 is 11.8 Å². The highest BCUT2D eigenvalue weighted by molar-refractivity contribution is 6.74. The molecule has 5 heterocycles. The average Bonchev–Trinajstić information content (AvgIpc) is 3.56. The molecule has 2 aromatic heterocycles. The molecule has 0 aliphatic carbocycles. The number of aromatic hydroxyl groups is 1. The van der Waals surface area contributed by atoms with Gasteiger partial charge < -0.3 is 34.3 Å². The molecule has 0 spiro atoms. The fourth-order valence-electron chi connectivity index (χ4n) is 8.85. The van der Waals surface area contributed by atoms with Gasteiger partial charge in [0.1, 0.15) is 5.75 Å². The number of oxazole rings is 1. The van der Waals surface area contributed by atoms with E-state index in [1.165, 1.54) is 6.07 Å². The molecule has 0 saturated carbocycles. The van der Waals surface area contributed by atoms with Crippen LogP contribution in [0.5, 0.6) is 5.75 Å². The van der Waals surface area contributed by atoms with Crippen molar-refractivity contribution in [3.05, 3.63) is 135 Å². The highest BCUT2D eigenvalue weighted by atomic mass is 28.4. The molecule has 2 atom stereocenters. The van der Waals surface area contributed by atoms with Crippen molar-refractivity contribution in [2.75, 3.05) is 31.1 Å². The van der Waals surface area contributed by atoms with Crippen molar-refractivity contribution in [2.24, 2.45) is 5.92 Å². The third kappa shape index (κ3) is 8.94. The van der Waals surface area contributed by atoms with Crippen LogP contribution in [0.2, 0.25) is 18.1 Å². The number of anilines is 1.